The molecule has 1 fully saturated rings. The molecule has 1 unspecified atom stereocenters. The van der Waals surface area contributed by atoms with Crippen LogP contribution in [0.3, 0.4) is 0 Å². The summed E-state index contributed by atoms with van der Waals surface area (Å²) in [5.74, 6) is 0.677. The third-order valence-corrected chi connectivity index (χ3v) is 6.55. The smallest absolute Gasteiger partial charge is 0.254 e. The van der Waals surface area contributed by atoms with Gasteiger partial charge in [-0.3, -0.25) is 4.79 Å². The van der Waals surface area contributed by atoms with Crippen LogP contribution in [0.4, 0.5) is 0 Å². The Balaban J connectivity index is 1.97. The molecular weight excluding hydrogens is 362 g/mol. The fraction of sp³-hybridized carbons (Fsp3) is 0.286. The van der Waals surface area contributed by atoms with Gasteiger partial charge in [-0.1, -0.05) is 42.5 Å². The molecule has 1 saturated heterocycles. The Morgan fingerprint density at radius 2 is 1.89 bits per heavy atom. The van der Waals surface area contributed by atoms with Crippen molar-refractivity contribution in [1.29, 1.82) is 0 Å². The van der Waals surface area contributed by atoms with Crippen LogP contribution in [0.2, 0.25) is 0 Å². The summed E-state index contributed by atoms with van der Waals surface area (Å²) in [6.45, 7) is 0. The number of ether oxygens (including phenoxy) is 1. The Morgan fingerprint density at radius 1 is 1.15 bits per heavy atom. The topological polar surface area (TPSA) is 63.7 Å². The number of rotatable bonds is 5. The fourth-order valence-electron chi connectivity index (χ4n) is 3.22. The lowest BCUT2D eigenvalue weighted by atomic mass is 10.0. The Labute approximate surface area is 160 Å². The number of sulfone groups is 1. The van der Waals surface area contributed by atoms with Gasteiger partial charge in [-0.05, 0) is 35.8 Å². The highest BCUT2D eigenvalue weighted by Gasteiger charge is 2.33. The van der Waals surface area contributed by atoms with Crippen LogP contribution >= 0.6 is 0 Å². The lowest BCUT2D eigenvalue weighted by Gasteiger charge is -2.25. The van der Waals surface area contributed by atoms with Crippen molar-refractivity contribution < 1.29 is 17.9 Å². The summed E-state index contributed by atoms with van der Waals surface area (Å²) < 4.78 is 28.9. The third-order valence-electron chi connectivity index (χ3n) is 4.80. The molecule has 1 amide bonds. The van der Waals surface area contributed by atoms with Crippen molar-refractivity contribution >= 4 is 27.4 Å². The molecule has 0 spiro atoms. The lowest BCUT2D eigenvalue weighted by molar-refractivity contribution is -0.125. The second-order valence-electron chi connectivity index (χ2n) is 6.67. The quantitative estimate of drug-likeness (QED) is 0.586. The molecule has 0 aliphatic carbocycles. The molecule has 142 valence electrons. The van der Waals surface area contributed by atoms with Gasteiger partial charge in [-0.25, -0.2) is 8.42 Å². The monoisotopic (exact) mass is 385 g/mol. The molecule has 0 aromatic heterocycles. The van der Waals surface area contributed by atoms with Gasteiger partial charge in [-0.2, -0.15) is 0 Å². The van der Waals surface area contributed by atoms with Crippen LogP contribution in [0.1, 0.15) is 17.5 Å². The van der Waals surface area contributed by atoms with Crippen molar-refractivity contribution in [2.45, 2.75) is 12.5 Å². The molecule has 1 aliphatic rings. The normalized spacial score (nSPS) is 18.9. The molecule has 2 aromatic carbocycles. The highest BCUT2D eigenvalue weighted by molar-refractivity contribution is 7.91. The molecule has 1 aliphatic heterocycles. The van der Waals surface area contributed by atoms with Crippen LogP contribution in [-0.4, -0.2) is 50.9 Å². The minimum absolute atomic E-state index is 0.0243. The molecule has 0 bridgehead atoms. The summed E-state index contributed by atoms with van der Waals surface area (Å²) in [5, 5.41) is 0. The molecule has 3 rings (SSSR count). The zero-order valence-corrected chi connectivity index (χ0v) is 16.3. The Hall–Kier alpha value is -2.60. The van der Waals surface area contributed by atoms with Crippen LogP contribution in [0, 0.1) is 0 Å². The number of carbonyl (C=O) groups is 1. The molecule has 0 N–H and O–H groups in total. The van der Waals surface area contributed by atoms with Crippen molar-refractivity contribution in [2.24, 2.45) is 0 Å². The van der Waals surface area contributed by atoms with Crippen molar-refractivity contribution in [3.05, 3.63) is 65.7 Å². The maximum absolute atomic E-state index is 13.2. The maximum atomic E-state index is 13.2. The molecule has 5 nitrogen and oxygen atoms in total. The van der Waals surface area contributed by atoms with E-state index < -0.39 is 9.84 Å². The maximum Gasteiger partial charge on any atom is 0.254 e. The molecule has 0 saturated carbocycles. The van der Waals surface area contributed by atoms with Crippen molar-refractivity contribution in [3.8, 4) is 5.75 Å². The van der Waals surface area contributed by atoms with Crippen LogP contribution in [0.15, 0.2) is 54.6 Å². The number of nitrogens with zero attached hydrogens (tertiary/aromatic N) is 1. The molecule has 2 aromatic rings. The number of methoxy groups -OCH3 is 1. The van der Waals surface area contributed by atoms with Gasteiger partial charge < -0.3 is 9.64 Å². The van der Waals surface area contributed by atoms with Gasteiger partial charge in [0.15, 0.2) is 9.84 Å². The zero-order valence-electron chi connectivity index (χ0n) is 15.5. The van der Waals surface area contributed by atoms with Crippen molar-refractivity contribution in [3.63, 3.8) is 0 Å². The average molecular weight is 385 g/mol. The summed E-state index contributed by atoms with van der Waals surface area (Å²) in [6, 6.07) is 16.6. The van der Waals surface area contributed by atoms with Crippen molar-refractivity contribution in [1.82, 2.24) is 4.90 Å². The predicted octanol–water partition coefficient (Wildman–Crippen LogP) is 2.88. The first-order valence-electron chi connectivity index (χ1n) is 8.78. The van der Waals surface area contributed by atoms with E-state index in [1.54, 1.807) is 19.1 Å². The number of hydrogen-bond donors (Lipinski definition) is 0. The Bertz CT molecular complexity index is 951. The first kappa shape index (κ1) is 19.2. The third kappa shape index (κ3) is 4.57. The highest BCUT2D eigenvalue weighted by atomic mass is 32.2. The van der Waals surface area contributed by atoms with Crippen molar-refractivity contribution in [2.75, 3.05) is 25.7 Å². The minimum atomic E-state index is -3.06. The Kier molecular flexibility index (Phi) is 5.65. The first-order chi connectivity index (χ1) is 12.9. The Morgan fingerprint density at radius 3 is 2.52 bits per heavy atom. The molecule has 1 atom stereocenters. The summed E-state index contributed by atoms with van der Waals surface area (Å²) in [4.78, 5) is 14.8. The summed E-state index contributed by atoms with van der Waals surface area (Å²) >= 11 is 0. The fourth-order valence-corrected chi connectivity index (χ4v) is 5.00. The molecule has 1 heterocycles. The van der Waals surface area contributed by atoms with E-state index in [1.165, 1.54) is 0 Å². The summed E-state index contributed by atoms with van der Waals surface area (Å²) in [7, 11) is 0.212. The van der Waals surface area contributed by atoms with Gasteiger partial charge in [-0.15, -0.1) is 0 Å². The standard InChI is InChI=1S/C21H23NO4S/c1-22(18-11-12-27(24,25)15-18)21(23)20(17-8-4-3-5-9-17)14-16-7-6-10-19(13-16)26-2/h3-10,13-14,18H,11-12,15H2,1-2H3/b20-14+. The number of hydrogen-bond acceptors (Lipinski definition) is 4. The van der Waals surface area contributed by atoms with Crippen LogP contribution in [0.5, 0.6) is 5.75 Å². The van der Waals surface area contributed by atoms with E-state index >= 15 is 0 Å². The predicted molar refractivity (Wildman–Crippen MR) is 107 cm³/mol. The van der Waals surface area contributed by atoms with E-state index in [2.05, 4.69) is 0 Å². The van der Waals surface area contributed by atoms with E-state index in [4.69, 9.17) is 4.74 Å². The van der Waals surface area contributed by atoms with E-state index in [9.17, 15) is 13.2 Å². The number of carbonyl (C=O) groups excluding carboxylic acids is 1. The zero-order chi connectivity index (χ0) is 19.4. The average Bonchev–Trinajstić information content (AvgIpc) is 3.05. The van der Waals surface area contributed by atoms with E-state index in [0.717, 1.165) is 11.1 Å². The van der Waals surface area contributed by atoms with E-state index in [0.29, 0.717) is 17.7 Å². The molecule has 6 heteroatoms. The van der Waals surface area contributed by atoms with Gasteiger partial charge in [0.1, 0.15) is 5.75 Å². The number of amides is 1. The van der Waals surface area contributed by atoms with Crippen LogP contribution in [0.25, 0.3) is 11.6 Å². The number of benzene rings is 2. The minimum Gasteiger partial charge on any atom is -0.497 e. The molecule has 27 heavy (non-hydrogen) atoms. The van der Waals surface area contributed by atoms with Crippen LogP contribution in [-0.2, 0) is 14.6 Å². The van der Waals surface area contributed by atoms with Gasteiger partial charge in [0.05, 0.1) is 18.6 Å². The first-order valence-corrected chi connectivity index (χ1v) is 10.6. The van der Waals surface area contributed by atoms with Crippen LogP contribution < -0.4 is 4.74 Å². The lowest BCUT2D eigenvalue weighted by Crippen LogP contribution is -2.38. The largest absolute Gasteiger partial charge is 0.497 e. The summed E-state index contributed by atoms with van der Waals surface area (Å²) in [6.07, 6.45) is 2.30. The second-order valence-corrected chi connectivity index (χ2v) is 8.90. The molecule has 0 radical (unpaired) electrons. The van der Waals surface area contributed by atoms with Gasteiger partial charge in [0.25, 0.3) is 5.91 Å². The van der Waals surface area contributed by atoms with E-state index in [1.807, 2.05) is 60.7 Å². The van der Waals surface area contributed by atoms with E-state index in [-0.39, 0.29) is 23.5 Å². The highest BCUT2D eigenvalue weighted by Crippen LogP contribution is 2.25. The molecular formula is C21H23NO4S. The number of likely N-dealkylation sites (N-methyl/N-ethyl adjacent to an activating group) is 1. The summed E-state index contributed by atoms with van der Waals surface area (Å²) in [5.41, 5.74) is 2.16. The second kappa shape index (κ2) is 7.96. The van der Waals surface area contributed by atoms with Gasteiger partial charge >= 0.3 is 0 Å². The van der Waals surface area contributed by atoms with Gasteiger partial charge in [0, 0.05) is 18.7 Å². The van der Waals surface area contributed by atoms with Gasteiger partial charge in [0.2, 0.25) is 0 Å². The SMILES string of the molecule is COc1cccc(/C=C(/C(=O)N(C)C2CCS(=O)(=O)C2)c2ccccc2)c1.